The molecule has 0 fully saturated rings. The molecule has 0 N–H and O–H groups in total. The first kappa shape index (κ1) is 12.0. The van der Waals surface area contributed by atoms with E-state index in [1.54, 1.807) is 6.92 Å². The second-order valence-corrected chi connectivity index (χ2v) is 3.98. The Kier molecular flexibility index (Phi) is 3.40. The lowest BCUT2D eigenvalue weighted by Gasteiger charge is -2.22. The first-order valence-corrected chi connectivity index (χ1v) is 5.66. The lowest BCUT2D eigenvalue weighted by Crippen LogP contribution is -2.21. The van der Waals surface area contributed by atoms with Crippen molar-refractivity contribution in [1.29, 1.82) is 0 Å². The van der Waals surface area contributed by atoms with Crippen LogP contribution in [0.15, 0.2) is 6.07 Å². The van der Waals surface area contributed by atoms with Crippen molar-refractivity contribution in [3.8, 4) is 0 Å². The summed E-state index contributed by atoms with van der Waals surface area (Å²) in [4.78, 5) is 11.5. The van der Waals surface area contributed by atoms with Crippen LogP contribution in [0.25, 0.3) is 0 Å². The van der Waals surface area contributed by atoms with Gasteiger partial charge in [0, 0.05) is 12.2 Å². The number of esters is 1. The molecule has 0 aromatic carbocycles. The highest BCUT2D eigenvalue weighted by Gasteiger charge is 2.30. The number of carbonyl (C=O) groups excluding carboxylic acids is 1. The number of carbonyl (C=O) groups is 1. The predicted molar refractivity (Wildman–Crippen MR) is 56.2 cm³/mol. The number of hydrogen-bond donors (Lipinski definition) is 0. The number of halogens is 2. The number of ether oxygens (including phenoxy) is 1. The van der Waals surface area contributed by atoms with Gasteiger partial charge in [0.05, 0.1) is 12.5 Å². The summed E-state index contributed by atoms with van der Waals surface area (Å²) in [5.41, 5.74) is 0.559. The molecule has 0 amide bonds. The number of nitrogens with zero attached hydrogens (tertiary/aromatic N) is 2. The highest BCUT2D eigenvalue weighted by Crippen LogP contribution is 2.32. The monoisotopic (exact) mass is 244 g/mol. The van der Waals surface area contributed by atoms with Gasteiger partial charge in [0.2, 0.25) is 6.43 Å². The van der Waals surface area contributed by atoms with Gasteiger partial charge in [-0.3, -0.25) is 4.68 Å². The predicted octanol–water partition coefficient (Wildman–Crippen LogP) is 2.20. The average Bonchev–Trinajstić information content (AvgIpc) is 2.72. The van der Waals surface area contributed by atoms with E-state index in [4.69, 9.17) is 4.74 Å². The van der Waals surface area contributed by atoms with Crippen LogP contribution >= 0.6 is 0 Å². The van der Waals surface area contributed by atoms with Crippen LogP contribution in [0.2, 0.25) is 0 Å². The molecule has 1 unspecified atom stereocenters. The zero-order chi connectivity index (χ0) is 12.4. The van der Waals surface area contributed by atoms with Crippen molar-refractivity contribution in [2.24, 2.45) is 0 Å². The fourth-order valence-corrected chi connectivity index (χ4v) is 2.08. The summed E-state index contributed by atoms with van der Waals surface area (Å²) >= 11 is 0. The molecule has 6 heteroatoms. The van der Waals surface area contributed by atoms with E-state index in [-0.39, 0.29) is 12.3 Å². The SMILES string of the molecule is CCOC(=O)c1cc2n(n1)CCCC2C(F)F. The van der Waals surface area contributed by atoms with E-state index in [1.807, 2.05) is 0 Å². The Morgan fingerprint density at radius 2 is 2.47 bits per heavy atom. The Bertz CT molecular complexity index is 418. The third-order valence-corrected chi connectivity index (χ3v) is 2.86. The first-order chi connectivity index (χ1) is 8.13. The van der Waals surface area contributed by atoms with Crippen molar-refractivity contribution in [2.75, 3.05) is 6.61 Å². The lowest BCUT2D eigenvalue weighted by molar-refractivity contribution is 0.0518. The van der Waals surface area contributed by atoms with Gasteiger partial charge in [0.15, 0.2) is 5.69 Å². The summed E-state index contributed by atoms with van der Waals surface area (Å²) in [6.07, 6.45) is -1.32. The molecule has 0 saturated carbocycles. The Hall–Kier alpha value is -1.46. The van der Waals surface area contributed by atoms with Gasteiger partial charge < -0.3 is 4.74 Å². The standard InChI is InChI=1S/C11H14F2N2O2/c1-2-17-11(16)8-6-9-7(10(12)13)4-3-5-15(9)14-8/h6-7,10H,2-5H2,1H3. The van der Waals surface area contributed by atoms with E-state index in [0.717, 1.165) is 0 Å². The van der Waals surface area contributed by atoms with Gasteiger partial charge in [-0.05, 0) is 25.8 Å². The maximum absolute atomic E-state index is 12.8. The second kappa shape index (κ2) is 4.81. The van der Waals surface area contributed by atoms with E-state index in [1.165, 1.54) is 10.7 Å². The zero-order valence-electron chi connectivity index (χ0n) is 9.53. The Morgan fingerprint density at radius 3 is 3.12 bits per heavy atom. The topological polar surface area (TPSA) is 44.1 Å². The van der Waals surface area contributed by atoms with Crippen LogP contribution < -0.4 is 0 Å². The molecule has 1 aromatic rings. The largest absolute Gasteiger partial charge is 0.461 e. The van der Waals surface area contributed by atoms with E-state index < -0.39 is 18.3 Å². The lowest BCUT2D eigenvalue weighted by atomic mass is 9.96. The van der Waals surface area contributed by atoms with Gasteiger partial charge in [0.25, 0.3) is 0 Å². The molecule has 0 saturated heterocycles. The van der Waals surface area contributed by atoms with Gasteiger partial charge in [-0.25, -0.2) is 13.6 Å². The summed E-state index contributed by atoms with van der Waals surface area (Å²) < 4.78 is 31.9. The highest BCUT2D eigenvalue weighted by atomic mass is 19.3. The normalized spacial score (nSPS) is 19.2. The van der Waals surface area contributed by atoms with E-state index in [9.17, 15) is 13.6 Å². The van der Waals surface area contributed by atoms with E-state index >= 15 is 0 Å². The van der Waals surface area contributed by atoms with Crippen molar-refractivity contribution in [1.82, 2.24) is 9.78 Å². The highest BCUT2D eigenvalue weighted by molar-refractivity contribution is 5.87. The van der Waals surface area contributed by atoms with Gasteiger partial charge in [0.1, 0.15) is 0 Å². The smallest absolute Gasteiger partial charge is 0.358 e. The fourth-order valence-electron chi connectivity index (χ4n) is 2.08. The summed E-state index contributed by atoms with van der Waals surface area (Å²) in [6, 6.07) is 1.42. The molecule has 1 aliphatic heterocycles. The molecule has 1 aromatic heterocycles. The molecule has 1 aliphatic rings. The third-order valence-electron chi connectivity index (χ3n) is 2.86. The van der Waals surface area contributed by atoms with E-state index in [2.05, 4.69) is 5.10 Å². The molecular weight excluding hydrogens is 230 g/mol. The minimum atomic E-state index is -2.42. The number of rotatable bonds is 3. The maximum Gasteiger partial charge on any atom is 0.358 e. The van der Waals surface area contributed by atoms with E-state index in [0.29, 0.717) is 25.1 Å². The molecule has 94 valence electrons. The number of fused-ring (bicyclic) bond motifs is 1. The number of aryl methyl sites for hydroxylation is 1. The average molecular weight is 244 g/mol. The van der Waals surface area contributed by atoms with Crippen LogP contribution in [-0.2, 0) is 11.3 Å². The van der Waals surface area contributed by atoms with Crippen molar-refractivity contribution in [2.45, 2.75) is 38.7 Å². The van der Waals surface area contributed by atoms with Crippen molar-refractivity contribution >= 4 is 5.97 Å². The molecule has 0 spiro atoms. The van der Waals surface area contributed by atoms with Crippen LogP contribution in [0.4, 0.5) is 8.78 Å². The summed E-state index contributed by atoms with van der Waals surface area (Å²) in [5, 5.41) is 4.01. The number of alkyl halides is 2. The molecule has 0 aliphatic carbocycles. The molecule has 0 bridgehead atoms. The molecule has 1 atom stereocenters. The van der Waals surface area contributed by atoms with Gasteiger partial charge in [-0.1, -0.05) is 0 Å². The number of aromatic nitrogens is 2. The van der Waals surface area contributed by atoms with Crippen molar-refractivity contribution < 1.29 is 18.3 Å². The second-order valence-electron chi connectivity index (χ2n) is 3.98. The van der Waals surface area contributed by atoms with Gasteiger partial charge >= 0.3 is 5.97 Å². The summed E-state index contributed by atoms with van der Waals surface area (Å²) in [6.45, 7) is 2.52. The van der Waals surface area contributed by atoms with Crippen molar-refractivity contribution in [3.63, 3.8) is 0 Å². The third kappa shape index (κ3) is 2.30. The minimum absolute atomic E-state index is 0.120. The molecule has 2 heterocycles. The zero-order valence-corrected chi connectivity index (χ0v) is 9.53. The minimum Gasteiger partial charge on any atom is -0.461 e. The van der Waals surface area contributed by atoms with Crippen LogP contribution in [0.5, 0.6) is 0 Å². The summed E-state index contributed by atoms with van der Waals surface area (Å²) in [7, 11) is 0. The Labute approximate surface area is 97.6 Å². The van der Waals surface area contributed by atoms with Crippen LogP contribution in [-0.4, -0.2) is 28.8 Å². The number of hydrogen-bond acceptors (Lipinski definition) is 3. The molecule has 4 nitrogen and oxygen atoms in total. The molecule has 2 rings (SSSR count). The van der Waals surface area contributed by atoms with Gasteiger partial charge in [-0.2, -0.15) is 5.10 Å². The van der Waals surface area contributed by atoms with Gasteiger partial charge in [-0.15, -0.1) is 0 Å². The summed E-state index contributed by atoms with van der Waals surface area (Å²) in [5.74, 6) is -1.37. The van der Waals surface area contributed by atoms with Crippen LogP contribution in [0.3, 0.4) is 0 Å². The van der Waals surface area contributed by atoms with Crippen LogP contribution in [0.1, 0.15) is 41.9 Å². The molecule has 17 heavy (non-hydrogen) atoms. The quantitative estimate of drug-likeness (QED) is 0.766. The Morgan fingerprint density at radius 1 is 1.71 bits per heavy atom. The molecule has 0 radical (unpaired) electrons. The van der Waals surface area contributed by atoms with Crippen LogP contribution in [0, 0.1) is 0 Å². The Balaban J connectivity index is 2.27. The van der Waals surface area contributed by atoms with Crippen molar-refractivity contribution in [3.05, 3.63) is 17.5 Å². The first-order valence-electron chi connectivity index (χ1n) is 5.66. The maximum atomic E-state index is 12.8. The molecular formula is C11H14F2N2O2. The fraction of sp³-hybridized carbons (Fsp3) is 0.636.